The maximum absolute atomic E-state index is 13.8. The molecule has 3 aliphatic rings. The number of piperidine rings is 1. The number of nitrogens with one attached hydrogen (secondary N) is 1. The molecule has 0 radical (unpaired) electrons. The molecule has 30 heavy (non-hydrogen) atoms. The quantitative estimate of drug-likeness (QED) is 0.782. The van der Waals surface area contributed by atoms with Crippen LogP contribution in [0.4, 0.5) is 36.3 Å². The second-order valence-electron chi connectivity index (χ2n) is 8.48. The summed E-state index contributed by atoms with van der Waals surface area (Å²) in [5.74, 6) is -0.605. The third kappa shape index (κ3) is 4.29. The molecule has 1 saturated carbocycles. The predicted octanol–water partition coefficient (Wildman–Crippen LogP) is 4.28. The van der Waals surface area contributed by atoms with Gasteiger partial charge in [0.15, 0.2) is 0 Å². The summed E-state index contributed by atoms with van der Waals surface area (Å²) in [7, 11) is 0. The van der Waals surface area contributed by atoms with Crippen LogP contribution in [0.25, 0.3) is 0 Å². The van der Waals surface area contributed by atoms with Gasteiger partial charge in [-0.3, -0.25) is 4.98 Å². The maximum Gasteiger partial charge on any atom is 0.266 e. The lowest BCUT2D eigenvalue weighted by molar-refractivity contribution is 0.0256. The standard InChI is InChI=1S/C21H25F3N6/c22-15-3-6-29(7-4-15)16-9-18(27-19-12-25-17(11-26-19)14-1-2-14)28-20(10-16)30-8-5-21(23,24)13-30/h9-12,14-15H,1-8,13H2,(H,26,27,28). The number of hydrogen-bond donors (Lipinski definition) is 1. The van der Waals surface area contributed by atoms with Gasteiger partial charge in [-0.25, -0.2) is 23.1 Å². The van der Waals surface area contributed by atoms with E-state index in [4.69, 9.17) is 0 Å². The number of pyridine rings is 1. The highest BCUT2D eigenvalue weighted by atomic mass is 19.3. The molecule has 1 N–H and O–H groups in total. The molecule has 2 aromatic rings. The fourth-order valence-electron chi connectivity index (χ4n) is 4.07. The molecule has 5 rings (SSSR count). The minimum atomic E-state index is -2.71. The zero-order valence-corrected chi connectivity index (χ0v) is 16.7. The van der Waals surface area contributed by atoms with Gasteiger partial charge in [0.2, 0.25) is 0 Å². The summed E-state index contributed by atoms with van der Waals surface area (Å²) in [6.45, 7) is 1.10. The van der Waals surface area contributed by atoms with E-state index in [1.807, 2.05) is 12.1 Å². The van der Waals surface area contributed by atoms with Gasteiger partial charge in [0, 0.05) is 49.8 Å². The highest BCUT2D eigenvalue weighted by Crippen LogP contribution is 2.39. The molecule has 2 aliphatic heterocycles. The molecule has 0 amide bonds. The summed E-state index contributed by atoms with van der Waals surface area (Å²) < 4.78 is 41.1. The van der Waals surface area contributed by atoms with E-state index in [2.05, 4.69) is 25.2 Å². The summed E-state index contributed by atoms with van der Waals surface area (Å²) in [5, 5.41) is 3.16. The number of rotatable bonds is 5. The Morgan fingerprint density at radius 3 is 2.37 bits per heavy atom. The van der Waals surface area contributed by atoms with Crippen molar-refractivity contribution in [3.05, 3.63) is 30.2 Å². The van der Waals surface area contributed by atoms with Crippen molar-refractivity contribution in [3.8, 4) is 0 Å². The van der Waals surface area contributed by atoms with Gasteiger partial charge in [-0.05, 0) is 25.7 Å². The number of anilines is 4. The Balaban J connectivity index is 1.41. The Kier molecular flexibility index (Phi) is 4.91. The number of halogens is 3. The first-order chi connectivity index (χ1) is 14.4. The van der Waals surface area contributed by atoms with Gasteiger partial charge in [0.05, 0.1) is 24.6 Å². The van der Waals surface area contributed by atoms with Crippen LogP contribution in [0.1, 0.15) is 43.7 Å². The van der Waals surface area contributed by atoms with Crippen LogP contribution in [-0.2, 0) is 0 Å². The molecule has 160 valence electrons. The first-order valence-electron chi connectivity index (χ1n) is 10.6. The van der Waals surface area contributed by atoms with Crippen molar-refractivity contribution in [2.45, 2.75) is 50.1 Å². The summed E-state index contributed by atoms with van der Waals surface area (Å²) in [4.78, 5) is 17.2. The molecule has 2 aromatic heterocycles. The van der Waals surface area contributed by atoms with Crippen molar-refractivity contribution in [2.75, 3.05) is 41.3 Å². The minimum absolute atomic E-state index is 0.178. The van der Waals surface area contributed by atoms with Crippen molar-refractivity contribution in [1.82, 2.24) is 15.0 Å². The Hall–Kier alpha value is -2.58. The Bertz CT molecular complexity index is 894. The SMILES string of the molecule is FC1CCN(c2cc(Nc3cnc(C4CC4)cn3)nc(N3CCC(F)(F)C3)c2)CC1. The highest BCUT2D eigenvalue weighted by Gasteiger charge is 2.39. The molecule has 0 spiro atoms. The van der Waals surface area contributed by atoms with Crippen LogP contribution in [0.5, 0.6) is 0 Å². The molecule has 1 aliphatic carbocycles. The number of aromatic nitrogens is 3. The smallest absolute Gasteiger partial charge is 0.266 e. The van der Waals surface area contributed by atoms with Crippen LogP contribution >= 0.6 is 0 Å². The summed E-state index contributed by atoms with van der Waals surface area (Å²) in [6, 6.07) is 3.69. The van der Waals surface area contributed by atoms with Crippen LogP contribution in [0.15, 0.2) is 24.5 Å². The Morgan fingerprint density at radius 1 is 0.933 bits per heavy atom. The molecule has 0 aromatic carbocycles. The molecule has 3 fully saturated rings. The molecule has 0 unspecified atom stereocenters. The lowest BCUT2D eigenvalue weighted by Gasteiger charge is -2.31. The van der Waals surface area contributed by atoms with Crippen LogP contribution in [0.2, 0.25) is 0 Å². The van der Waals surface area contributed by atoms with E-state index in [0.29, 0.717) is 49.3 Å². The maximum atomic E-state index is 13.8. The average Bonchev–Trinajstić information content (AvgIpc) is 3.51. The zero-order valence-electron chi connectivity index (χ0n) is 16.7. The van der Waals surface area contributed by atoms with Gasteiger partial charge in [-0.2, -0.15) is 0 Å². The highest BCUT2D eigenvalue weighted by molar-refractivity contribution is 5.65. The molecule has 9 heteroatoms. The van der Waals surface area contributed by atoms with Gasteiger partial charge >= 0.3 is 0 Å². The van der Waals surface area contributed by atoms with Crippen molar-refractivity contribution < 1.29 is 13.2 Å². The largest absolute Gasteiger partial charge is 0.371 e. The topological polar surface area (TPSA) is 57.2 Å². The second-order valence-corrected chi connectivity index (χ2v) is 8.48. The third-order valence-electron chi connectivity index (χ3n) is 6.00. The molecule has 0 atom stereocenters. The van der Waals surface area contributed by atoms with Crippen molar-refractivity contribution in [1.29, 1.82) is 0 Å². The van der Waals surface area contributed by atoms with Crippen molar-refractivity contribution >= 4 is 23.1 Å². The van der Waals surface area contributed by atoms with E-state index < -0.39 is 12.1 Å². The predicted molar refractivity (Wildman–Crippen MR) is 110 cm³/mol. The molecule has 2 saturated heterocycles. The van der Waals surface area contributed by atoms with Crippen LogP contribution in [0, 0.1) is 0 Å². The lowest BCUT2D eigenvalue weighted by atomic mass is 10.1. The monoisotopic (exact) mass is 418 g/mol. The van der Waals surface area contributed by atoms with Gasteiger partial charge < -0.3 is 15.1 Å². The molecular weight excluding hydrogens is 393 g/mol. The number of hydrogen-bond acceptors (Lipinski definition) is 6. The van der Waals surface area contributed by atoms with Crippen molar-refractivity contribution in [2.24, 2.45) is 0 Å². The third-order valence-corrected chi connectivity index (χ3v) is 6.00. The summed E-state index contributed by atoms with van der Waals surface area (Å²) >= 11 is 0. The second kappa shape index (κ2) is 7.59. The van der Waals surface area contributed by atoms with Gasteiger partial charge in [0.25, 0.3) is 5.92 Å². The van der Waals surface area contributed by atoms with Crippen LogP contribution in [0.3, 0.4) is 0 Å². The average molecular weight is 418 g/mol. The van der Waals surface area contributed by atoms with E-state index in [0.717, 1.165) is 24.2 Å². The van der Waals surface area contributed by atoms with E-state index in [-0.39, 0.29) is 19.5 Å². The normalized spacial score (nSPS) is 21.8. The number of alkyl halides is 3. The molecule has 4 heterocycles. The van der Waals surface area contributed by atoms with E-state index >= 15 is 0 Å². The lowest BCUT2D eigenvalue weighted by Crippen LogP contribution is -2.34. The Labute approximate surface area is 173 Å². The first kappa shape index (κ1) is 19.4. The minimum Gasteiger partial charge on any atom is -0.371 e. The van der Waals surface area contributed by atoms with Crippen LogP contribution < -0.4 is 15.1 Å². The van der Waals surface area contributed by atoms with Crippen molar-refractivity contribution in [3.63, 3.8) is 0 Å². The van der Waals surface area contributed by atoms with Gasteiger partial charge in [-0.15, -0.1) is 0 Å². The van der Waals surface area contributed by atoms with Gasteiger partial charge in [-0.1, -0.05) is 0 Å². The summed E-state index contributed by atoms with van der Waals surface area (Å²) in [5.41, 5.74) is 1.85. The number of nitrogens with zero attached hydrogens (tertiary/aromatic N) is 5. The zero-order chi connectivity index (χ0) is 20.7. The summed E-state index contributed by atoms with van der Waals surface area (Å²) in [6.07, 6.45) is 5.75. The molecule has 6 nitrogen and oxygen atoms in total. The fourth-order valence-corrected chi connectivity index (χ4v) is 4.07. The molecule has 0 bridgehead atoms. The Morgan fingerprint density at radius 2 is 1.73 bits per heavy atom. The first-order valence-corrected chi connectivity index (χ1v) is 10.6. The van der Waals surface area contributed by atoms with Gasteiger partial charge in [0.1, 0.15) is 23.6 Å². The molecular formula is C21H25F3N6. The van der Waals surface area contributed by atoms with E-state index in [1.165, 1.54) is 0 Å². The van der Waals surface area contributed by atoms with E-state index in [9.17, 15) is 13.2 Å². The van der Waals surface area contributed by atoms with Crippen LogP contribution in [-0.4, -0.2) is 53.2 Å². The van der Waals surface area contributed by atoms with E-state index in [1.54, 1.807) is 17.3 Å². The fraction of sp³-hybridized carbons (Fsp3) is 0.571.